The van der Waals surface area contributed by atoms with Crippen LogP contribution >= 0.6 is 38.5 Å². The Morgan fingerprint density at radius 3 is 2.76 bits per heavy atom. The highest BCUT2D eigenvalue weighted by molar-refractivity contribution is 14.1. The SMILES string of the molecule is Cc1cc(I)ccc1NC(=O)C1CCCN(Cc2ccc(Br)cc2)C1. The number of likely N-dealkylation sites (tertiary alicyclic amines) is 1. The van der Waals surface area contributed by atoms with Crippen LogP contribution in [0.4, 0.5) is 5.69 Å². The second-order valence-electron chi connectivity index (χ2n) is 6.65. The molecule has 0 radical (unpaired) electrons. The lowest BCUT2D eigenvalue weighted by atomic mass is 9.96. The van der Waals surface area contributed by atoms with Crippen LogP contribution < -0.4 is 5.32 Å². The zero-order chi connectivity index (χ0) is 17.8. The van der Waals surface area contributed by atoms with Gasteiger partial charge in [-0.1, -0.05) is 28.1 Å². The van der Waals surface area contributed by atoms with E-state index in [1.54, 1.807) is 0 Å². The monoisotopic (exact) mass is 512 g/mol. The van der Waals surface area contributed by atoms with Gasteiger partial charge in [0, 0.05) is 26.8 Å². The van der Waals surface area contributed by atoms with Crippen LogP contribution in [0.1, 0.15) is 24.0 Å². The first-order valence-corrected chi connectivity index (χ1v) is 10.4. The number of nitrogens with one attached hydrogen (secondary N) is 1. The molecule has 2 aromatic rings. The molecule has 5 heteroatoms. The number of piperidine rings is 1. The van der Waals surface area contributed by atoms with Gasteiger partial charge in [-0.3, -0.25) is 9.69 Å². The summed E-state index contributed by atoms with van der Waals surface area (Å²) in [5.41, 5.74) is 3.33. The number of amides is 1. The molecule has 1 amide bonds. The summed E-state index contributed by atoms with van der Waals surface area (Å²) in [4.78, 5) is 15.1. The van der Waals surface area contributed by atoms with Gasteiger partial charge in [-0.15, -0.1) is 0 Å². The number of halogens is 2. The summed E-state index contributed by atoms with van der Waals surface area (Å²) in [5, 5.41) is 3.12. The van der Waals surface area contributed by atoms with E-state index in [0.717, 1.165) is 48.2 Å². The highest BCUT2D eigenvalue weighted by atomic mass is 127. The van der Waals surface area contributed by atoms with E-state index in [1.807, 2.05) is 19.1 Å². The molecule has 1 unspecified atom stereocenters. The minimum atomic E-state index is 0.0582. The third kappa shape index (κ3) is 5.28. The lowest BCUT2D eigenvalue weighted by Crippen LogP contribution is -2.40. The summed E-state index contributed by atoms with van der Waals surface area (Å²) >= 11 is 5.77. The molecule has 1 aliphatic rings. The van der Waals surface area contributed by atoms with Crippen LogP contribution in [0.25, 0.3) is 0 Å². The number of carbonyl (C=O) groups excluding carboxylic acids is 1. The first-order valence-electron chi connectivity index (χ1n) is 8.55. The third-order valence-corrected chi connectivity index (χ3v) is 5.84. The minimum Gasteiger partial charge on any atom is -0.326 e. The average molecular weight is 513 g/mol. The predicted molar refractivity (Wildman–Crippen MR) is 115 cm³/mol. The molecule has 0 bridgehead atoms. The van der Waals surface area contributed by atoms with Crippen LogP contribution in [0.15, 0.2) is 46.9 Å². The quantitative estimate of drug-likeness (QED) is 0.570. The Kier molecular flexibility index (Phi) is 6.52. The molecule has 0 spiro atoms. The summed E-state index contributed by atoms with van der Waals surface area (Å²) in [5.74, 6) is 0.202. The van der Waals surface area contributed by atoms with Gasteiger partial charge in [-0.05, 0) is 90.4 Å². The molecule has 132 valence electrons. The summed E-state index contributed by atoms with van der Waals surface area (Å²) < 4.78 is 2.28. The van der Waals surface area contributed by atoms with E-state index in [0.29, 0.717) is 0 Å². The zero-order valence-corrected chi connectivity index (χ0v) is 18.0. The van der Waals surface area contributed by atoms with Gasteiger partial charge >= 0.3 is 0 Å². The van der Waals surface area contributed by atoms with Crippen molar-refractivity contribution in [1.82, 2.24) is 4.90 Å². The second kappa shape index (κ2) is 8.64. The van der Waals surface area contributed by atoms with Crippen molar-refractivity contribution in [2.75, 3.05) is 18.4 Å². The summed E-state index contributed by atoms with van der Waals surface area (Å²) in [6.45, 7) is 4.83. The van der Waals surface area contributed by atoms with Gasteiger partial charge in [0.2, 0.25) is 5.91 Å². The van der Waals surface area contributed by atoms with Crippen LogP contribution in [-0.2, 0) is 11.3 Å². The van der Waals surface area contributed by atoms with Crippen molar-refractivity contribution in [2.45, 2.75) is 26.3 Å². The van der Waals surface area contributed by atoms with Crippen molar-refractivity contribution in [1.29, 1.82) is 0 Å². The lowest BCUT2D eigenvalue weighted by molar-refractivity contribution is -0.121. The number of rotatable bonds is 4. The molecule has 1 saturated heterocycles. The number of carbonyl (C=O) groups is 1. The molecule has 1 N–H and O–H groups in total. The second-order valence-corrected chi connectivity index (χ2v) is 8.81. The average Bonchev–Trinajstić information content (AvgIpc) is 2.60. The van der Waals surface area contributed by atoms with Crippen molar-refractivity contribution in [2.24, 2.45) is 5.92 Å². The molecule has 0 aromatic heterocycles. The van der Waals surface area contributed by atoms with E-state index in [-0.39, 0.29) is 11.8 Å². The molecule has 1 aliphatic heterocycles. The largest absolute Gasteiger partial charge is 0.326 e. The third-order valence-electron chi connectivity index (χ3n) is 4.64. The Labute approximate surface area is 171 Å². The molecule has 1 heterocycles. The van der Waals surface area contributed by atoms with E-state index in [4.69, 9.17) is 0 Å². The van der Waals surface area contributed by atoms with Gasteiger partial charge in [-0.25, -0.2) is 0 Å². The number of nitrogens with zero attached hydrogens (tertiary/aromatic N) is 1. The maximum absolute atomic E-state index is 12.7. The Hall–Kier alpha value is -0.920. The topological polar surface area (TPSA) is 32.3 Å². The molecule has 25 heavy (non-hydrogen) atoms. The molecular weight excluding hydrogens is 491 g/mol. The number of anilines is 1. The normalized spacial score (nSPS) is 18.1. The van der Waals surface area contributed by atoms with Gasteiger partial charge in [0.05, 0.1) is 5.92 Å². The molecular formula is C20H22BrIN2O. The summed E-state index contributed by atoms with van der Waals surface area (Å²) in [6.07, 6.45) is 2.03. The van der Waals surface area contributed by atoms with Gasteiger partial charge in [0.25, 0.3) is 0 Å². The molecule has 1 atom stereocenters. The molecule has 0 aliphatic carbocycles. The smallest absolute Gasteiger partial charge is 0.228 e. The van der Waals surface area contributed by atoms with Gasteiger partial charge in [-0.2, -0.15) is 0 Å². The van der Waals surface area contributed by atoms with E-state index in [9.17, 15) is 4.79 Å². The fraction of sp³-hybridized carbons (Fsp3) is 0.350. The van der Waals surface area contributed by atoms with Crippen LogP contribution in [0.5, 0.6) is 0 Å². The Balaban J connectivity index is 1.60. The van der Waals surface area contributed by atoms with Crippen molar-refractivity contribution >= 4 is 50.1 Å². The molecule has 1 fully saturated rings. The van der Waals surface area contributed by atoms with E-state index in [1.165, 1.54) is 9.13 Å². The number of aryl methyl sites for hydroxylation is 1. The fourth-order valence-electron chi connectivity index (χ4n) is 3.26. The minimum absolute atomic E-state index is 0.0582. The number of hydrogen-bond acceptors (Lipinski definition) is 2. The first-order chi connectivity index (χ1) is 12.0. The summed E-state index contributed by atoms with van der Waals surface area (Å²) in [7, 11) is 0. The lowest BCUT2D eigenvalue weighted by Gasteiger charge is -2.32. The van der Waals surface area contributed by atoms with Crippen LogP contribution in [0.3, 0.4) is 0 Å². The van der Waals surface area contributed by atoms with Crippen LogP contribution in [0.2, 0.25) is 0 Å². The highest BCUT2D eigenvalue weighted by Gasteiger charge is 2.26. The van der Waals surface area contributed by atoms with Crippen LogP contribution in [0, 0.1) is 16.4 Å². The standard InChI is InChI=1S/C20H22BrIN2O/c1-14-11-18(22)8-9-19(14)23-20(25)16-3-2-10-24(13-16)12-15-4-6-17(21)7-5-15/h4-9,11,16H,2-3,10,12-13H2,1H3,(H,23,25). The molecule has 3 nitrogen and oxygen atoms in total. The van der Waals surface area contributed by atoms with E-state index in [2.05, 4.69) is 79.1 Å². The number of benzene rings is 2. The fourth-order valence-corrected chi connectivity index (χ4v) is 4.17. The molecule has 2 aromatic carbocycles. The highest BCUT2D eigenvalue weighted by Crippen LogP contribution is 2.23. The van der Waals surface area contributed by atoms with Gasteiger partial charge in [0.1, 0.15) is 0 Å². The number of hydrogen-bond donors (Lipinski definition) is 1. The van der Waals surface area contributed by atoms with E-state index < -0.39 is 0 Å². The Bertz CT molecular complexity index is 748. The first kappa shape index (κ1) is 18.9. The van der Waals surface area contributed by atoms with Crippen LogP contribution in [-0.4, -0.2) is 23.9 Å². The Morgan fingerprint density at radius 1 is 1.28 bits per heavy atom. The van der Waals surface area contributed by atoms with Gasteiger partial charge in [0.15, 0.2) is 0 Å². The summed E-state index contributed by atoms with van der Waals surface area (Å²) in [6, 6.07) is 14.6. The zero-order valence-electron chi connectivity index (χ0n) is 14.3. The molecule has 0 saturated carbocycles. The predicted octanol–water partition coefficient (Wildman–Crippen LogP) is 5.21. The van der Waals surface area contributed by atoms with E-state index >= 15 is 0 Å². The van der Waals surface area contributed by atoms with Crippen molar-refractivity contribution in [3.63, 3.8) is 0 Å². The maximum atomic E-state index is 12.7. The van der Waals surface area contributed by atoms with Gasteiger partial charge < -0.3 is 5.32 Å². The van der Waals surface area contributed by atoms with Crippen molar-refractivity contribution in [3.05, 3.63) is 61.6 Å². The maximum Gasteiger partial charge on any atom is 0.228 e. The Morgan fingerprint density at radius 2 is 2.04 bits per heavy atom. The van der Waals surface area contributed by atoms with Crippen molar-refractivity contribution < 1.29 is 4.79 Å². The van der Waals surface area contributed by atoms with Crippen molar-refractivity contribution in [3.8, 4) is 0 Å². The molecule has 3 rings (SSSR count).